The second kappa shape index (κ2) is 6.31. The molecule has 0 aromatic rings. The molecule has 0 saturated heterocycles. The van der Waals surface area contributed by atoms with Crippen molar-refractivity contribution in [2.75, 3.05) is 13.3 Å². The fourth-order valence-corrected chi connectivity index (χ4v) is 1.60. The molecule has 0 spiro atoms. The molecule has 0 bridgehead atoms. The molecular formula is C10H16N2O5. The summed E-state index contributed by atoms with van der Waals surface area (Å²) in [5.74, 6) is -2.16. The third-order valence-electron chi connectivity index (χ3n) is 2.58. The van der Waals surface area contributed by atoms with Gasteiger partial charge < -0.3 is 20.9 Å². The standard InChI is InChI=1S/C10H16N2O5/c11-7(10(15)16)4-17-5-12-9(14)6-2-1-3-8(6)13/h6-7H,1-5,11H2,(H,12,14)(H,15,16)/t6-,7-/m0/s1. The molecule has 7 nitrogen and oxygen atoms in total. The largest absolute Gasteiger partial charge is 0.480 e. The molecule has 2 atom stereocenters. The van der Waals surface area contributed by atoms with Crippen molar-refractivity contribution in [2.45, 2.75) is 25.3 Å². The van der Waals surface area contributed by atoms with E-state index in [1.54, 1.807) is 0 Å². The Labute approximate surface area is 98.3 Å². The van der Waals surface area contributed by atoms with Gasteiger partial charge in [-0.2, -0.15) is 0 Å². The van der Waals surface area contributed by atoms with Gasteiger partial charge in [-0.3, -0.25) is 14.4 Å². The number of aliphatic carboxylic acids is 1. The average molecular weight is 244 g/mol. The highest BCUT2D eigenvalue weighted by Gasteiger charge is 2.30. The smallest absolute Gasteiger partial charge is 0.322 e. The van der Waals surface area contributed by atoms with Gasteiger partial charge in [0, 0.05) is 6.42 Å². The number of ketones is 1. The lowest BCUT2D eigenvalue weighted by molar-refractivity contribution is -0.140. The molecule has 1 saturated carbocycles. The van der Waals surface area contributed by atoms with Crippen LogP contribution in [0.3, 0.4) is 0 Å². The third-order valence-corrected chi connectivity index (χ3v) is 2.58. The first-order valence-corrected chi connectivity index (χ1v) is 5.39. The Morgan fingerprint density at radius 2 is 2.29 bits per heavy atom. The molecule has 4 N–H and O–H groups in total. The molecule has 0 aromatic heterocycles. The Morgan fingerprint density at radius 1 is 1.59 bits per heavy atom. The van der Waals surface area contributed by atoms with E-state index in [4.69, 9.17) is 15.6 Å². The summed E-state index contributed by atoms with van der Waals surface area (Å²) in [5, 5.41) is 10.9. The number of nitrogens with one attached hydrogen (secondary N) is 1. The van der Waals surface area contributed by atoms with E-state index in [1.165, 1.54) is 0 Å². The Balaban J connectivity index is 2.16. The second-order valence-corrected chi connectivity index (χ2v) is 3.91. The zero-order valence-electron chi connectivity index (χ0n) is 9.35. The number of ether oxygens (including phenoxy) is 1. The van der Waals surface area contributed by atoms with Crippen LogP contribution in [0.1, 0.15) is 19.3 Å². The summed E-state index contributed by atoms with van der Waals surface area (Å²) in [6.45, 7) is -0.322. The van der Waals surface area contributed by atoms with E-state index < -0.39 is 17.9 Å². The van der Waals surface area contributed by atoms with Crippen molar-refractivity contribution in [1.82, 2.24) is 5.32 Å². The van der Waals surface area contributed by atoms with E-state index in [0.29, 0.717) is 12.8 Å². The minimum Gasteiger partial charge on any atom is -0.480 e. The molecule has 1 fully saturated rings. The molecule has 0 unspecified atom stereocenters. The SMILES string of the molecule is N[C@@H](COCNC(=O)[C@H]1CCCC1=O)C(=O)O. The summed E-state index contributed by atoms with van der Waals surface area (Å²) in [4.78, 5) is 33.1. The van der Waals surface area contributed by atoms with Crippen molar-refractivity contribution in [3.05, 3.63) is 0 Å². The zero-order valence-corrected chi connectivity index (χ0v) is 9.35. The van der Waals surface area contributed by atoms with E-state index in [-0.39, 0.29) is 25.0 Å². The van der Waals surface area contributed by atoms with Crippen LogP contribution in [-0.2, 0) is 19.1 Å². The van der Waals surface area contributed by atoms with Crippen molar-refractivity contribution >= 4 is 17.7 Å². The van der Waals surface area contributed by atoms with Crippen LogP contribution in [0.2, 0.25) is 0 Å². The number of Topliss-reactive ketones (excluding diaryl/α,β-unsaturated/α-hetero) is 1. The maximum atomic E-state index is 11.5. The van der Waals surface area contributed by atoms with Gasteiger partial charge in [-0.1, -0.05) is 0 Å². The predicted octanol–water partition coefficient (Wildman–Crippen LogP) is -1.14. The number of carboxylic acid groups (broad SMARTS) is 1. The molecule has 0 aliphatic heterocycles. The van der Waals surface area contributed by atoms with Gasteiger partial charge in [-0.25, -0.2) is 0 Å². The fourth-order valence-electron chi connectivity index (χ4n) is 1.60. The zero-order chi connectivity index (χ0) is 12.8. The fraction of sp³-hybridized carbons (Fsp3) is 0.700. The molecular weight excluding hydrogens is 228 g/mol. The molecule has 96 valence electrons. The lowest BCUT2D eigenvalue weighted by atomic mass is 10.1. The number of hydrogen-bond acceptors (Lipinski definition) is 5. The summed E-state index contributed by atoms with van der Waals surface area (Å²) in [5.41, 5.74) is 5.19. The molecule has 0 heterocycles. The quantitative estimate of drug-likeness (QED) is 0.308. The highest BCUT2D eigenvalue weighted by atomic mass is 16.5. The van der Waals surface area contributed by atoms with Crippen LogP contribution in [0.4, 0.5) is 0 Å². The predicted molar refractivity (Wildman–Crippen MR) is 56.9 cm³/mol. The molecule has 7 heteroatoms. The monoisotopic (exact) mass is 244 g/mol. The maximum Gasteiger partial charge on any atom is 0.322 e. The number of carbonyl (C=O) groups is 3. The van der Waals surface area contributed by atoms with Gasteiger partial charge in [0.15, 0.2) is 0 Å². The van der Waals surface area contributed by atoms with Crippen LogP contribution in [0, 0.1) is 5.92 Å². The van der Waals surface area contributed by atoms with E-state index in [0.717, 1.165) is 6.42 Å². The Morgan fingerprint density at radius 3 is 2.82 bits per heavy atom. The van der Waals surface area contributed by atoms with Gasteiger partial charge in [0.2, 0.25) is 5.91 Å². The Bertz CT molecular complexity index is 318. The van der Waals surface area contributed by atoms with Crippen molar-refractivity contribution in [3.8, 4) is 0 Å². The topological polar surface area (TPSA) is 119 Å². The summed E-state index contributed by atoms with van der Waals surface area (Å²) in [6, 6.07) is -1.11. The van der Waals surface area contributed by atoms with Crippen LogP contribution in [0.25, 0.3) is 0 Å². The summed E-state index contributed by atoms with van der Waals surface area (Å²) in [6.07, 6.45) is 1.75. The number of hydrogen-bond donors (Lipinski definition) is 3. The van der Waals surface area contributed by atoms with Crippen LogP contribution in [0.15, 0.2) is 0 Å². The van der Waals surface area contributed by atoms with Crippen molar-refractivity contribution in [1.29, 1.82) is 0 Å². The lowest BCUT2D eigenvalue weighted by Gasteiger charge is -2.11. The van der Waals surface area contributed by atoms with E-state index in [1.807, 2.05) is 0 Å². The molecule has 0 radical (unpaired) electrons. The van der Waals surface area contributed by atoms with Crippen molar-refractivity contribution in [3.63, 3.8) is 0 Å². The summed E-state index contributed by atoms with van der Waals surface area (Å²) < 4.78 is 4.87. The van der Waals surface area contributed by atoms with Crippen molar-refractivity contribution in [2.24, 2.45) is 11.7 Å². The van der Waals surface area contributed by atoms with Gasteiger partial charge in [0.05, 0.1) is 12.5 Å². The highest BCUT2D eigenvalue weighted by molar-refractivity contribution is 6.02. The number of carbonyl (C=O) groups excluding carboxylic acids is 2. The molecule has 1 rings (SSSR count). The molecule has 1 amide bonds. The highest BCUT2D eigenvalue weighted by Crippen LogP contribution is 2.20. The first kappa shape index (κ1) is 13.6. The van der Waals surface area contributed by atoms with Crippen LogP contribution in [-0.4, -0.2) is 42.1 Å². The van der Waals surface area contributed by atoms with E-state index in [9.17, 15) is 14.4 Å². The summed E-state index contributed by atoms with van der Waals surface area (Å²) >= 11 is 0. The molecule has 1 aliphatic rings. The van der Waals surface area contributed by atoms with E-state index >= 15 is 0 Å². The molecule has 0 aromatic carbocycles. The van der Waals surface area contributed by atoms with Crippen molar-refractivity contribution < 1.29 is 24.2 Å². The number of carboxylic acids is 1. The minimum atomic E-state index is -1.16. The molecule has 17 heavy (non-hydrogen) atoms. The van der Waals surface area contributed by atoms with Gasteiger partial charge in [0.25, 0.3) is 0 Å². The van der Waals surface area contributed by atoms with Gasteiger partial charge >= 0.3 is 5.97 Å². The maximum absolute atomic E-state index is 11.5. The van der Waals surface area contributed by atoms with Crippen LogP contribution >= 0.6 is 0 Å². The Hall–Kier alpha value is -1.47. The minimum absolute atomic E-state index is 0.0512. The van der Waals surface area contributed by atoms with Gasteiger partial charge in [0.1, 0.15) is 18.6 Å². The normalized spacial score (nSPS) is 21.2. The number of rotatable bonds is 6. The Kier molecular flexibility index (Phi) is 5.05. The lowest BCUT2D eigenvalue weighted by Crippen LogP contribution is -2.38. The second-order valence-electron chi connectivity index (χ2n) is 3.91. The third kappa shape index (κ3) is 4.12. The van der Waals surface area contributed by atoms with E-state index in [2.05, 4.69) is 5.32 Å². The molecule has 1 aliphatic carbocycles. The summed E-state index contributed by atoms with van der Waals surface area (Å²) in [7, 11) is 0. The average Bonchev–Trinajstić information content (AvgIpc) is 2.70. The first-order valence-electron chi connectivity index (χ1n) is 5.39. The van der Waals surface area contributed by atoms with Crippen LogP contribution < -0.4 is 11.1 Å². The van der Waals surface area contributed by atoms with Crippen LogP contribution in [0.5, 0.6) is 0 Å². The van der Waals surface area contributed by atoms with Gasteiger partial charge in [-0.05, 0) is 12.8 Å². The first-order chi connectivity index (χ1) is 8.02. The van der Waals surface area contributed by atoms with Gasteiger partial charge in [-0.15, -0.1) is 0 Å². The number of nitrogens with two attached hydrogens (primary N) is 1. The number of amides is 1.